The van der Waals surface area contributed by atoms with Gasteiger partial charge in [-0.3, -0.25) is 9.59 Å². The Morgan fingerprint density at radius 1 is 0.795 bits per heavy atom. The van der Waals surface area contributed by atoms with E-state index in [4.69, 9.17) is 19.0 Å². The summed E-state index contributed by atoms with van der Waals surface area (Å²) in [7, 11) is 0. The van der Waals surface area contributed by atoms with Crippen molar-refractivity contribution < 1.29 is 69.2 Å². The minimum Gasteiger partial charge on any atom is -0.394 e. The molecule has 3 fully saturated rings. The molecule has 0 aromatic carbocycles. The van der Waals surface area contributed by atoms with Crippen LogP contribution in [-0.4, -0.2) is 158 Å². The lowest BCUT2D eigenvalue weighted by Crippen LogP contribution is -2.59. The zero-order valence-corrected chi connectivity index (χ0v) is 25.1. The fraction of sp³-hybridized carbons (Fsp3) is 0.893. The van der Waals surface area contributed by atoms with Crippen molar-refractivity contribution in [2.75, 3.05) is 32.8 Å². The molecule has 16 heteroatoms. The summed E-state index contributed by atoms with van der Waals surface area (Å²) in [5.74, 6) is -1.71. The second-order valence-corrected chi connectivity index (χ2v) is 11.6. The number of hydroxylamine groups is 2. The average molecular weight is 637 g/mol. The Morgan fingerprint density at radius 3 is 2.07 bits per heavy atom. The van der Waals surface area contributed by atoms with Gasteiger partial charge in [0.1, 0.15) is 42.7 Å². The summed E-state index contributed by atoms with van der Waals surface area (Å²) in [6.07, 6.45) is -7.99. The molecule has 44 heavy (non-hydrogen) atoms. The van der Waals surface area contributed by atoms with Gasteiger partial charge in [-0.05, 0) is 52.1 Å². The molecule has 3 heterocycles. The van der Waals surface area contributed by atoms with E-state index in [1.807, 2.05) is 0 Å². The molecule has 0 saturated carbocycles. The number of carbonyl (C=O) groups is 3. The number of hydrogen-bond acceptors (Lipinski definition) is 15. The summed E-state index contributed by atoms with van der Waals surface area (Å²) in [6, 6.07) is 0. The summed E-state index contributed by atoms with van der Waals surface area (Å²) < 4.78 is 16.7. The van der Waals surface area contributed by atoms with Crippen LogP contribution >= 0.6 is 0 Å². The van der Waals surface area contributed by atoms with Gasteiger partial charge >= 0.3 is 5.97 Å². The van der Waals surface area contributed by atoms with Crippen molar-refractivity contribution in [1.29, 1.82) is 0 Å². The van der Waals surface area contributed by atoms with Crippen LogP contribution in [0.25, 0.3) is 0 Å². The molecular formula is C28H48N2O14. The van der Waals surface area contributed by atoms with E-state index in [1.165, 1.54) is 0 Å². The van der Waals surface area contributed by atoms with Crippen LogP contribution in [0.15, 0.2) is 0 Å². The summed E-state index contributed by atoms with van der Waals surface area (Å²) >= 11 is 0. The van der Waals surface area contributed by atoms with Crippen LogP contribution < -0.4 is 0 Å². The van der Waals surface area contributed by atoms with E-state index in [1.54, 1.807) is 6.92 Å². The number of carbonyl (C=O) groups excluding carboxylic acids is 3. The smallest absolute Gasteiger partial charge is 0.333 e. The molecule has 3 aliphatic heterocycles. The highest BCUT2D eigenvalue weighted by atomic mass is 16.7. The average Bonchev–Trinajstić information content (AvgIpc) is 3.31. The van der Waals surface area contributed by atoms with Crippen molar-refractivity contribution in [3.05, 3.63) is 0 Å². The number of aliphatic hydroxyl groups is 7. The van der Waals surface area contributed by atoms with E-state index >= 15 is 0 Å². The number of rotatable bonds is 17. The number of imide groups is 1. The lowest BCUT2D eigenvalue weighted by Gasteiger charge is -2.40. The molecule has 3 aliphatic rings. The third kappa shape index (κ3) is 10.1. The molecule has 0 aromatic rings. The first-order valence-electron chi connectivity index (χ1n) is 15.3. The minimum absolute atomic E-state index is 0.0283. The number of ether oxygens (including phenoxy) is 3. The third-order valence-electron chi connectivity index (χ3n) is 8.26. The Labute approximate surface area is 256 Å². The number of amides is 2. The molecule has 2 amide bonds. The number of aliphatic hydroxyl groups excluding tert-OH is 7. The quantitative estimate of drug-likeness (QED) is 0.0636. The maximum Gasteiger partial charge on any atom is 0.333 e. The normalized spacial score (nSPS) is 34.6. The van der Waals surface area contributed by atoms with Crippen LogP contribution in [0.1, 0.15) is 64.7 Å². The molecular weight excluding hydrogens is 588 g/mol. The molecule has 3 rings (SSSR count). The van der Waals surface area contributed by atoms with Gasteiger partial charge in [-0.1, -0.05) is 6.42 Å². The topological polar surface area (TPSA) is 236 Å². The van der Waals surface area contributed by atoms with Crippen molar-refractivity contribution >= 4 is 17.8 Å². The largest absolute Gasteiger partial charge is 0.394 e. The first-order valence-corrected chi connectivity index (χ1v) is 15.3. The van der Waals surface area contributed by atoms with Crippen LogP contribution in [-0.2, 0) is 33.4 Å². The van der Waals surface area contributed by atoms with Gasteiger partial charge in [-0.2, -0.15) is 0 Å². The van der Waals surface area contributed by atoms with Gasteiger partial charge in [-0.15, -0.1) is 5.06 Å². The Hall–Kier alpha value is -1.83. The van der Waals surface area contributed by atoms with Gasteiger partial charge in [0.05, 0.1) is 25.4 Å². The van der Waals surface area contributed by atoms with Gasteiger partial charge < -0.3 is 59.7 Å². The van der Waals surface area contributed by atoms with Crippen molar-refractivity contribution in [3.8, 4) is 0 Å². The zero-order chi connectivity index (χ0) is 32.4. The van der Waals surface area contributed by atoms with Gasteiger partial charge in [-0.25, -0.2) is 4.79 Å². The molecule has 0 bridgehead atoms. The van der Waals surface area contributed by atoms with Crippen LogP contribution in [0.2, 0.25) is 0 Å². The molecule has 0 aromatic heterocycles. The summed E-state index contributed by atoms with van der Waals surface area (Å²) in [4.78, 5) is 42.2. The summed E-state index contributed by atoms with van der Waals surface area (Å²) in [5, 5.41) is 70.3. The Bertz CT molecular complexity index is 909. The molecule has 0 unspecified atom stereocenters. The van der Waals surface area contributed by atoms with E-state index in [-0.39, 0.29) is 25.9 Å². The first kappa shape index (κ1) is 36.6. The summed E-state index contributed by atoms with van der Waals surface area (Å²) in [5.41, 5.74) is 0. The fourth-order valence-corrected chi connectivity index (χ4v) is 5.48. The standard InChI is InChI=1S/C28H48N2O14/c1-16-22(35)25(38)23(36)17(42-16)7-4-6-12-29(13-14-41-28-27(40)26(39)24(37)18(15-31)43-28)11-5-2-3-8-21(34)44-30-19(32)9-10-20(30)33/h16-18,22-28,31,35-40H,2-15H2,1H3/t16-,17-,18+,22+,23+,24+,25+,26-,27-,28-/m0/s1. The predicted molar refractivity (Wildman–Crippen MR) is 148 cm³/mol. The lowest BCUT2D eigenvalue weighted by molar-refractivity contribution is -0.301. The van der Waals surface area contributed by atoms with Crippen molar-refractivity contribution in [2.24, 2.45) is 0 Å². The third-order valence-corrected chi connectivity index (χ3v) is 8.26. The number of hydrogen-bond donors (Lipinski definition) is 7. The molecule has 0 spiro atoms. The van der Waals surface area contributed by atoms with Gasteiger partial charge in [0.15, 0.2) is 6.29 Å². The Kier molecular flexibility index (Phi) is 14.8. The number of unbranched alkanes of at least 4 members (excludes halogenated alkanes) is 3. The second kappa shape index (κ2) is 17.8. The van der Waals surface area contributed by atoms with Crippen LogP contribution in [0.5, 0.6) is 0 Å². The molecule has 0 radical (unpaired) electrons. The van der Waals surface area contributed by atoms with Gasteiger partial charge in [0.2, 0.25) is 0 Å². The molecule has 16 nitrogen and oxygen atoms in total. The molecule has 10 atom stereocenters. The lowest BCUT2D eigenvalue weighted by atomic mass is 9.93. The van der Waals surface area contributed by atoms with Gasteiger partial charge in [0.25, 0.3) is 11.8 Å². The Morgan fingerprint density at radius 2 is 1.41 bits per heavy atom. The second-order valence-electron chi connectivity index (χ2n) is 11.6. The van der Waals surface area contributed by atoms with E-state index < -0.39 is 85.6 Å². The van der Waals surface area contributed by atoms with E-state index in [9.17, 15) is 50.1 Å². The molecule has 7 N–H and O–H groups in total. The van der Waals surface area contributed by atoms with Crippen molar-refractivity contribution in [2.45, 2.75) is 126 Å². The zero-order valence-electron chi connectivity index (χ0n) is 25.1. The highest BCUT2D eigenvalue weighted by molar-refractivity contribution is 6.01. The van der Waals surface area contributed by atoms with Crippen LogP contribution in [0.3, 0.4) is 0 Å². The first-order chi connectivity index (χ1) is 20.9. The molecule has 254 valence electrons. The van der Waals surface area contributed by atoms with Crippen molar-refractivity contribution in [1.82, 2.24) is 9.96 Å². The van der Waals surface area contributed by atoms with Crippen molar-refractivity contribution in [3.63, 3.8) is 0 Å². The van der Waals surface area contributed by atoms with Gasteiger partial charge in [0, 0.05) is 25.8 Å². The SMILES string of the molecule is C[C@@H]1O[C@@H](CCCCN(CCCCCC(=O)ON2C(=O)CCC2=O)CCO[C@H]2O[C@H](CO)[C@@H](O)[C@H](O)[C@@H]2O)[C@@H](O)[C@H](O)[C@@H]1O. The van der Waals surface area contributed by atoms with E-state index in [0.29, 0.717) is 63.2 Å². The minimum atomic E-state index is -1.55. The number of nitrogens with zero attached hydrogens (tertiary/aromatic N) is 2. The van der Waals surface area contributed by atoms with Crippen LogP contribution in [0.4, 0.5) is 0 Å². The maximum atomic E-state index is 12.0. The Balaban J connectivity index is 1.43. The molecule has 3 saturated heterocycles. The predicted octanol–water partition coefficient (Wildman–Crippen LogP) is -2.69. The fourth-order valence-electron chi connectivity index (χ4n) is 5.48. The summed E-state index contributed by atoms with van der Waals surface area (Å²) in [6.45, 7) is 2.79. The van der Waals surface area contributed by atoms with E-state index in [2.05, 4.69) is 4.90 Å². The highest BCUT2D eigenvalue weighted by Crippen LogP contribution is 2.25. The van der Waals surface area contributed by atoms with Crippen LogP contribution in [0, 0.1) is 0 Å². The molecule has 0 aliphatic carbocycles. The van der Waals surface area contributed by atoms with E-state index in [0.717, 1.165) is 0 Å². The maximum absolute atomic E-state index is 12.0. The monoisotopic (exact) mass is 636 g/mol. The highest BCUT2D eigenvalue weighted by Gasteiger charge is 2.44.